The van der Waals surface area contributed by atoms with Gasteiger partial charge in [-0.3, -0.25) is 0 Å². The highest BCUT2D eigenvalue weighted by Crippen LogP contribution is 2.30. The maximum Gasteiger partial charge on any atom is 0.338 e. The van der Waals surface area contributed by atoms with E-state index in [0.717, 1.165) is 18.5 Å². The molecule has 4 heteroatoms. The molecular weight excluding hydrogens is 197 g/mol. The first-order valence-electron chi connectivity index (χ1n) is 4.85. The predicted molar refractivity (Wildman–Crippen MR) is 54.8 cm³/mol. The second-order valence-electron chi connectivity index (χ2n) is 3.81. The third-order valence-corrected chi connectivity index (χ3v) is 2.68. The second-order valence-corrected chi connectivity index (χ2v) is 3.81. The summed E-state index contributed by atoms with van der Waals surface area (Å²) in [6, 6.07) is 4.72. The fraction of sp³-hybridized carbons (Fsp3) is 0.364. The van der Waals surface area contributed by atoms with E-state index in [0.29, 0.717) is 6.04 Å². The topological polar surface area (TPSA) is 40.5 Å². The predicted octanol–water partition coefficient (Wildman–Crippen LogP) is 2.12. The van der Waals surface area contributed by atoms with Gasteiger partial charge in [0.05, 0.1) is 5.56 Å². The molecule has 1 aromatic rings. The molecule has 80 valence electrons. The zero-order valence-electron chi connectivity index (χ0n) is 8.40. The fourth-order valence-electron chi connectivity index (χ4n) is 1.57. The molecule has 0 spiro atoms. The Kier molecular flexibility index (Phi) is 2.34. The van der Waals surface area contributed by atoms with Crippen molar-refractivity contribution in [2.75, 3.05) is 11.9 Å². The molecular formula is C11H12FNO2. The Labute approximate surface area is 87.1 Å². The molecule has 1 aliphatic rings. The molecule has 3 nitrogen and oxygen atoms in total. The van der Waals surface area contributed by atoms with E-state index in [1.807, 2.05) is 11.9 Å². The average Bonchev–Trinajstić information content (AvgIpc) is 2.99. The van der Waals surface area contributed by atoms with E-state index in [-0.39, 0.29) is 5.56 Å². The lowest BCUT2D eigenvalue weighted by Crippen LogP contribution is -2.19. The standard InChI is InChI=1S/C11H12FNO2/c1-13(7-2-3-7)8-4-5-9(11(14)15)10(12)6-8/h4-7H,2-3H2,1H3,(H,14,15). The van der Waals surface area contributed by atoms with Crippen LogP contribution in [0.15, 0.2) is 18.2 Å². The lowest BCUT2D eigenvalue weighted by molar-refractivity contribution is 0.0692. The monoisotopic (exact) mass is 209 g/mol. The highest BCUT2D eigenvalue weighted by molar-refractivity contribution is 5.88. The number of carbonyl (C=O) groups is 1. The highest BCUT2D eigenvalue weighted by Gasteiger charge is 2.26. The lowest BCUT2D eigenvalue weighted by Gasteiger charge is -2.18. The van der Waals surface area contributed by atoms with Crippen molar-refractivity contribution in [2.45, 2.75) is 18.9 Å². The Morgan fingerprint density at radius 1 is 1.53 bits per heavy atom. The summed E-state index contributed by atoms with van der Waals surface area (Å²) in [7, 11) is 1.90. The van der Waals surface area contributed by atoms with Crippen LogP contribution >= 0.6 is 0 Å². The quantitative estimate of drug-likeness (QED) is 0.828. The third-order valence-electron chi connectivity index (χ3n) is 2.68. The molecule has 2 rings (SSSR count). The highest BCUT2D eigenvalue weighted by atomic mass is 19.1. The van der Waals surface area contributed by atoms with E-state index in [9.17, 15) is 9.18 Å². The van der Waals surface area contributed by atoms with Crippen molar-refractivity contribution < 1.29 is 14.3 Å². The van der Waals surface area contributed by atoms with Crippen LogP contribution in [0.5, 0.6) is 0 Å². The van der Waals surface area contributed by atoms with Crippen molar-refractivity contribution >= 4 is 11.7 Å². The number of carboxylic acids is 1. The number of carboxylic acid groups (broad SMARTS) is 1. The summed E-state index contributed by atoms with van der Waals surface area (Å²) in [5, 5.41) is 8.66. The molecule has 1 fully saturated rings. The summed E-state index contributed by atoms with van der Waals surface area (Å²) in [6.45, 7) is 0. The molecule has 1 saturated carbocycles. The number of rotatable bonds is 3. The number of aromatic carboxylic acids is 1. The largest absolute Gasteiger partial charge is 0.478 e. The van der Waals surface area contributed by atoms with Gasteiger partial charge >= 0.3 is 5.97 Å². The number of benzene rings is 1. The molecule has 1 N–H and O–H groups in total. The summed E-state index contributed by atoms with van der Waals surface area (Å²) < 4.78 is 13.3. The number of halogens is 1. The smallest absolute Gasteiger partial charge is 0.338 e. The lowest BCUT2D eigenvalue weighted by atomic mass is 10.2. The first-order valence-corrected chi connectivity index (χ1v) is 4.85. The van der Waals surface area contributed by atoms with Crippen molar-refractivity contribution in [1.29, 1.82) is 0 Å². The summed E-state index contributed by atoms with van der Waals surface area (Å²) in [4.78, 5) is 12.6. The third kappa shape index (κ3) is 1.93. The Hall–Kier alpha value is -1.58. The molecule has 1 aliphatic carbocycles. The Morgan fingerprint density at radius 2 is 2.20 bits per heavy atom. The van der Waals surface area contributed by atoms with Gasteiger partial charge in [0, 0.05) is 18.8 Å². The molecule has 0 aliphatic heterocycles. The summed E-state index contributed by atoms with van der Waals surface area (Å²) in [6.07, 6.45) is 2.25. The van der Waals surface area contributed by atoms with Crippen LogP contribution in [0, 0.1) is 5.82 Å². The van der Waals surface area contributed by atoms with Crippen LogP contribution in [-0.4, -0.2) is 24.2 Å². The van der Waals surface area contributed by atoms with Gasteiger partial charge in [-0.25, -0.2) is 9.18 Å². The normalized spacial score (nSPS) is 15.1. The molecule has 0 radical (unpaired) electrons. The van der Waals surface area contributed by atoms with Gasteiger partial charge in [-0.15, -0.1) is 0 Å². The number of anilines is 1. The van der Waals surface area contributed by atoms with E-state index >= 15 is 0 Å². The van der Waals surface area contributed by atoms with Gasteiger partial charge < -0.3 is 10.0 Å². The summed E-state index contributed by atoms with van der Waals surface area (Å²) in [5.74, 6) is -1.90. The van der Waals surface area contributed by atoms with Crippen molar-refractivity contribution in [3.8, 4) is 0 Å². The van der Waals surface area contributed by atoms with Gasteiger partial charge in [-0.2, -0.15) is 0 Å². The van der Waals surface area contributed by atoms with Crippen molar-refractivity contribution in [1.82, 2.24) is 0 Å². The summed E-state index contributed by atoms with van der Waals surface area (Å²) in [5.41, 5.74) is 0.461. The maximum atomic E-state index is 13.3. The zero-order chi connectivity index (χ0) is 11.0. The number of hydrogen-bond donors (Lipinski definition) is 1. The molecule has 0 aromatic heterocycles. The number of nitrogens with zero attached hydrogens (tertiary/aromatic N) is 1. The molecule has 0 bridgehead atoms. The van der Waals surface area contributed by atoms with E-state index in [1.54, 1.807) is 6.07 Å². The average molecular weight is 209 g/mol. The van der Waals surface area contributed by atoms with E-state index < -0.39 is 11.8 Å². The molecule has 1 aromatic carbocycles. The molecule has 0 unspecified atom stereocenters. The van der Waals surface area contributed by atoms with Crippen LogP contribution < -0.4 is 4.90 Å². The van der Waals surface area contributed by atoms with Gasteiger partial charge in [-0.05, 0) is 31.0 Å². The van der Waals surface area contributed by atoms with E-state index in [2.05, 4.69) is 0 Å². The van der Waals surface area contributed by atoms with Gasteiger partial charge in [0.25, 0.3) is 0 Å². The van der Waals surface area contributed by atoms with Gasteiger partial charge in [0.2, 0.25) is 0 Å². The van der Waals surface area contributed by atoms with Crippen LogP contribution in [-0.2, 0) is 0 Å². The zero-order valence-corrected chi connectivity index (χ0v) is 8.40. The maximum absolute atomic E-state index is 13.3. The Bertz CT molecular complexity index is 402. The van der Waals surface area contributed by atoms with Gasteiger partial charge in [-0.1, -0.05) is 0 Å². The number of hydrogen-bond acceptors (Lipinski definition) is 2. The van der Waals surface area contributed by atoms with Crippen LogP contribution in [0.2, 0.25) is 0 Å². The minimum atomic E-state index is -1.23. The molecule has 15 heavy (non-hydrogen) atoms. The molecule has 0 atom stereocenters. The van der Waals surface area contributed by atoms with Crippen LogP contribution in [0.4, 0.5) is 10.1 Å². The van der Waals surface area contributed by atoms with Gasteiger partial charge in [0.1, 0.15) is 5.82 Å². The van der Waals surface area contributed by atoms with Crippen molar-refractivity contribution in [3.05, 3.63) is 29.6 Å². The van der Waals surface area contributed by atoms with E-state index in [1.165, 1.54) is 12.1 Å². The molecule has 0 amide bonds. The van der Waals surface area contributed by atoms with Crippen molar-refractivity contribution in [2.24, 2.45) is 0 Å². The fourth-order valence-corrected chi connectivity index (χ4v) is 1.57. The van der Waals surface area contributed by atoms with E-state index in [4.69, 9.17) is 5.11 Å². The minimum absolute atomic E-state index is 0.275. The van der Waals surface area contributed by atoms with Crippen LogP contribution in [0.1, 0.15) is 23.2 Å². The first-order chi connectivity index (χ1) is 7.09. The Morgan fingerprint density at radius 3 is 2.67 bits per heavy atom. The van der Waals surface area contributed by atoms with Crippen molar-refractivity contribution in [3.63, 3.8) is 0 Å². The summed E-state index contributed by atoms with van der Waals surface area (Å²) >= 11 is 0. The minimum Gasteiger partial charge on any atom is -0.478 e. The van der Waals surface area contributed by atoms with Gasteiger partial charge in [0.15, 0.2) is 0 Å². The van der Waals surface area contributed by atoms with Crippen LogP contribution in [0.25, 0.3) is 0 Å². The second kappa shape index (κ2) is 3.53. The van der Waals surface area contributed by atoms with Crippen LogP contribution in [0.3, 0.4) is 0 Å². The molecule has 0 saturated heterocycles. The SMILES string of the molecule is CN(c1ccc(C(=O)O)c(F)c1)C1CC1. The molecule has 0 heterocycles. The Balaban J connectivity index is 2.28. The first kappa shape index (κ1) is 9.96.